The molecule has 5 nitrogen and oxygen atoms in total. The Hall–Kier alpha value is -2.27. The van der Waals surface area contributed by atoms with Gasteiger partial charge < -0.3 is 15.6 Å². The smallest absolute Gasteiger partial charge is 0.339 e. The second-order valence-corrected chi connectivity index (χ2v) is 4.22. The minimum atomic E-state index is -1.07. The molecule has 1 aromatic carbocycles. The van der Waals surface area contributed by atoms with Crippen molar-refractivity contribution >= 4 is 23.3 Å². The first kappa shape index (κ1) is 13.2. The number of hydrogen-bond donors (Lipinski definition) is 2. The van der Waals surface area contributed by atoms with Crippen LogP contribution in [0.25, 0.3) is 0 Å². The number of nitrogens with zero attached hydrogens (tertiary/aromatic N) is 1. The molecular weight excluding hydrogens is 268 g/mol. The highest BCUT2D eigenvalue weighted by molar-refractivity contribution is 6.31. The minimum Gasteiger partial charge on any atom is -0.488 e. The minimum absolute atomic E-state index is 0.0550. The fourth-order valence-electron chi connectivity index (χ4n) is 1.51. The third-order valence-corrected chi connectivity index (χ3v) is 2.82. The van der Waals surface area contributed by atoms with E-state index < -0.39 is 5.97 Å². The number of anilines is 1. The molecule has 3 N–H and O–H groups in total. The van der Waals surface area contributed by atoms with E-state index in [9.17, 15) is 4.79 Å². The molecular formula is C13H11ClN2O3. The number of nitrogens with two attached hydrogens (primary N) is 1. The molecule has 0 amide bonds. The summed E-state index contributed by atoms with van der Waals surface area (Å²) in [6, 6.07) is 6.09. The number of pyridine rings is 1. The molecule has 0 spiro atoms. The van der Waals surface area contributed by atoms with E-state index in [0.717, 1.165) is 5.56 Å². The standard InChI is InChI=1S/C13H11ClN2O3/c14-11-6-16-4-3-8(11)7-19-12-5-9(15)1-2-10(12)13(17)18/h1-6H,7,15H2,(H,17,18). The highest BCUT2D eigenvalue weighted by Gasteiger charge is 2.12. The fraction of sp³-hybridized carbons (Fsp3) is 0.0769. The topological polar surface area (TPSA) is 85.4 Å². The summed E-state index contributed by atoms with van der Waals surface area (Å²) in [5, 5.41) is 9.51. The van der Waals surface area contributed by atoms with Crippen LogP contribution >= 0.6 is 11.6 Å². The first-order valence-electron chi connectivity index (χ1n) is 5.42. The first-order chi connectivity index (χ1) is 9.08. The molecule has 2 rings (SSSR count). The van der Waals surface area contributed by atoms with Gasteiger partial charge in [0.05, 0.1) is 5.02 Å². The fourth-order valence-corrected chi connectivity index (χ4v) is 1.69. The van der Waals surface area contributed by atoms with E-state index in [0.29, 0.717) is 10.7 Å². The zero-order valence-electron chi connectivity index (χ0n) is 9.84. The number of aromatic nitrogens is 1. The van der Waals surface area contributed by atoms with Crippen molar-refractivity contribution < 1.29 is 14.6 Å². The molecule has 0 unspecified atom stereocenters. The maximum absolute atomic E-state index is 11.1. The maximum Gasteiger partial charge on any atom is 0.339 e. The Morgan fingerprint density at radius 3 is 2.89 bits per heavy atom. The number of benzene rings is 1. The van der Waals surface area contributed by atoms with Gasteiger partial charge in [-0.15, -0.1) is 0 Å². The normalized spacial score (nSPS) is 10.2. The van der Waals surface area contributed by atoms with Crippen LogP contribution in [0, 0.1) is 0 Å². The summed E-state index contributed by atoms with van der Waals surface area (Å²) in [6.07, 6.45) is 3.08. The molecule has 0 radical (unpaired) electrons. The van der Waals surface area contributed by atoms with Crippen LogP contribution in [-0.4, -0.2) is 16.1 Å². The van der Waals surface area contributed by atoms with Crippen LogP contribution in [-0.2, 0) is 6.61 Å². The number of nitrogen functional groups attached to an aromatic ring is 1. The highest BCUT2D eigenvalue weighted by atomic mass is 35.5. The third kappa shape index (κ3) is 3.14. The molecule has 98 valence electrons. The molecule has 0 saturated carbocycles. The molecule has 0 fully saturated rings. The number of carbonyl (C=O) groups is 1. The molecule has 0 aliphatic rings. The molecule has 1 heterocycles. The molecule has 6 heteroatoms. The van der Waals surface area contributed by atoms with E-state index in [1.165, 1.54) is 24.4 Å². The van der Waals surface area contributed by atoms with Crippen LogP contribution in [0.5, 0.6) is 5.75 Å². The maximum atomic E-state index is 11.1. The first-order valence-corrected chi connectivity index (χ1v) is 5.79. The summed E-state index contributed by atoms with van der Waals surface area (Å²) in [4.78, 5) is 14.9. The monoisotopic (exact) mass is 278 g/mol. The third-order valence-electron chi connectivity index (χ3n) is 2.48. The lowest BCUT2D eigenvalue weighted by Gasteiger charge is -2.10. The lowest BCUT2D eigenvalue weighted by Crippen LogP contribution is -2.04. The van der Waals surface area contributed by atoms with Crippen molar-refractivity contribution in [2.24, 2.45) is 0 Å². The van der Waals surface area contributed by atoms with Crippen molar-refractivity contribution in [3.8, 4) is 5.75 Å². The van der Waals surface area contributed by atoms with E-state index in [2.05, 4.69) is 4.98 Å². The van der Waals surface area contributed by atoms with Crippen molar-refractivity contribution in [1.82, 2.24) is 4.98 Å². The lowest BCUT2D eigenvalue weighted by atomic mass is 10.2. The second kappa shape index (κ2) is 5.58. The second-order valence-electron chi connectivity index (χ2n) is 3.82. The molecule has 0 aliphatic carbocycles. The average Bonchev–Trinajstić information content (AvgIpc) is 2.37. The van der Waals surface area contributed by atoms with Crippen molar-refractivity contribution in [2.45, 2.75) is 6.61 Å². The van der Waals surface area contributed by atoms with Crippen LogP contribution in [0.15, 0.2) is 36.7 Å². The van der Waals surface area contributed by atoms with E-state index in [1.807, 2.05) is 0 Å². The zero-order valence-corrected chi connectivity index (χ0v) is 10.6. The van der Waals surface area contributed by atoms with Gasteiger partial charge in [-0.3, -0.25) is 4.98 Å². The summed E-state index contributed by atoms with van der Waals surface area (Å²) < 4.78 is 5.47. The van der Waals surface area contributed by atoms with Gasteiger partial charge in [-0.05, 0) is 18.2 Å². The van der Waals surface area contributed by atoms with Gasteiger partial charge in [0, 0.05) is 29.7 Å². The van der Waals surface area contributed by atoms with Gasteiger partial charge in [0.15, 0.2) is 0 Å². The quantitative estimate of drug-likeness (QED) is 0.840. The van der Waals surface area contributed by atoms with Crippen molar-refractivity contribution in [2.75, 3.05) is 5.73 Å². The summed E-state index contributed by atoms with van der Waals surface area (Å²) in [7, 11) is 0. The highest BCUT2D eigenvalue weighted by Crippen LogP contribution is 2.24. The van der Waals surface area contributed by atoms with Gasteiger partial charge in [-0.1, -0.05) is 11.6 Å². The van der Waals surface area contributed by atoms with Gasteiger partial charge in [0.2, 0.25) is 0 Å². The molecule has 0 bridgehead atoms. The summed E-state index contributed by atoms with van der Waals surface area (Å²) >= 11 is 5.94. The average molecular weight is 279 g/mol. The van der Waals surface area contributed by atoms with Crippen molar-refractivity contribution in [3.63, 3.8) is 0 Å². The summed E-state index contributed by atoms with van der Waals surface area (Å²) in [5.74, 6) is -0.865. The van der Waals surface area contributed by atoms with Gasteiger partial charge in [-0.25, -0.2) is 4.79 Å². The number of rotatable bonds is 4. The van der Waals surface area contributed by atoms with E-state index >= 15 is 0 Å². The van der Waals surface area contributed by atoms with E-state index in [1.54, 1.807) is 12.3 Å². The molecule has 0 saturated heterocycles. The van der Waals surface area contributed by atoms with Gasteiger partial charge in [-0.2, -0.15) is 0 Å². The van der Waals surface area contributed by atoms with Crippen LogP contribution in [0.3, 0.4) is 0 Å². The van der Waals surface area contributed by atoms with Crippen LogP contribution < -0.4 is 10.5 Å². The Morgan fingerprint density at radius 2 is 2.21 bits per heavy atom. The molecule has 0 aliphatic heterocycles. The van der Waals surface area contributed by atoms with Crippen molar-refractivity contribution in [3.05, 3.63) is 52.8 Å². The summed E-state index contributed by atoms with van der Waals surface area (Å²) in [6.45, 7) is 0.144. The van der Waals surface area contributed by atoms with Gasteiger partial charge in [0.1, 0.15) is 17.9 Å². The predicted octanol–water partition coefficient (Wildman–Crippen LogP) is 2.59. The largest absolute Gasteiger partial charge is 0.488 e. The van der Waals surface area contributed by atoms with Gasteiger partial charge >= 0.3 is 5.97 Å². The number of hydrogen-bond acceptors (Lipinski definition) is 4. The van der Waals surface area contributed by atoms with Crippen LogP contribution in [0.4, 0.5) is 5.69 Å². The molecule has 0 atom stereocenters. The Kier molecular flexibility index (Phi) is 3.87. The Bertz CT molecular complexity index is 617. The van der Waals surface area contributed by atoms with Crippen molar-refractivity contribution in [1.29, 1.82) is 0 Å². The zero-order chi connectivity index (χ0) is 13.8. The van der Waals surface area contributed by atoms with E-state index in [4.69, 9.17) is 27.2 Å². The molecule has 2 aromatic rings. The van der Waals surface area contributed by atoms with Crippen LogP contribution in [0.1, 0.15) is 15.9 Å². The Labute approximate surface area is 114 Å². The van der Waals surface area contributed by atoms with Crippen LogP contribution in [0.2, 0.25) is 5.02 Å². The molecule has 19 heavy (non-hydrogen) atoms. The Balaban J connectivity index is 2.22. The lowest BCUT2D eigenvalue weighted by molar-refractivity contribution is 0.0692. The summed E-state index contributed by atoms with van der Waals surface area (Å²) in [5.41, 5.74) is 6.82. The molecule has 1 aromatic heterocycles. The number of halogens is 1. The Morgan fingerprint density at radius 1 is 1.42 bits per heavy atom. The predicted molar refractivity (Wildman–Crippen MR) is 71.4 cm³/mol. The number of carboxylic acid groups (broad SMARTS) is 1. The van der Waals surface area contributed by atoms with E-state index in [-0.39, 0.29) is 17.9 Å². The number of ether oxygens (including phenoxy) is 1. The number of aromatic carboxylic acids is 1. The van der Waals surface area contributed by atoms with Gasteiger partial charge in [0.25, 0.3) is 0 Å². The SMILES string of the molecule is Nc1ccc(C(=O)O)c(OCc2ccncc2Cl)c1. The number of carboxylic acids is 1.